The van der Waals surface area contributed by atoms with E-state index in [1.54, 1.807) is 0 Å². The molecule has 1 aromatic heterocycles. The van der Waals surface area contributed by atoms with Crippen LogP contribution in [0.15, 0.2) is 17.1 Å². The van der Waals surface area contributed by atoms with E-state index >= 15 is 0 Å². The Labute approximate surface area is 156 Å². The summed E-state index contributed by atoms with van der Waals surface area (Å²) >= 11 is 0. The Balaban J connectivity index is -0.0000000714. The summed E-state index contributed by atoms with van der Waals surface area (Å²) in [6.07, 6.45) is 1.36. The topological polar surface area (TPSA) is 305 Å². The van der Waals surface area contributed by atoms with Crippen LogP contribution in [0.2, 0.25) is 0 Å². The summed E-state index contributed by atoms with van der Waals surface area (Å²) in [5.74, 6) is 0.338. The zero-order valence-corrected chi connectivity index (χ0v) is 16.4. The number of hydrogen-bond donors (Lipinski definition) is 11. The molecule has 1 aromatic rings. The smallest absolute Gasteiger partial charge is 1.00 e. The molecule has 0 aliphatic rings. The molecule has 20 heteroatoms. The van der Waals surface area contributed by atoms with Gasteiger partial charge in [-0.2, -0.15) is 0 Å². The molecule has 0 radical (unpaired) electrons. The van der Waals surface area contributed by atoms with Gasteiger partial charge in [-0.05, 0) is 6.07 Å². The molecule has 12 N–H and O–H groups in total. The Kier molecular flexibility index (Phi) is 18.8. The number of rotatable bonds is 0. The number of anilines is 1. The number of H-pyrrole nitrogens is 1. The van der Waals surface area contributed by atoms with Crippen LogP contribution in [0.4, 0.5) is 5.82 Å². The summed E-state index contributed by atoms with van der Waals surface area (Å²) in [5.41, 5.74) is 4.75. The first-order valence-electron chi connectivity index (χ1n) is 4.44. The normalized spacial score (nSPS) is 10.4. The largest absolute Gasteiger partial charge is 1.00 e. The van der Waals surface area contributed by atoms with Gasteiger partial charge in [0.2, 0.25) is 0 Å². The molecule has 140 valence electrons. The Hall–Kier alpha value is 0.01000. The van der Waals surface area contributed by atoms with E-state index in [9.17, 15) is 4.79 Å². The molecular formula is C4H15N3NaO13P3. The molecule has 0 spiro atoms. The maximum absolute atomic E-state index is 10.2. The molecule has 0 bridgehead atoms. The van der Waals surface area contributed by atoms with Crippen molar-refractivity contribution in [1.29, 1.82) is 0 Å². The van der Waals surface area contributed by atoms with Crippen LogP contribution in [0.5, 0.6) is 0 Å². The van der Waals surface area contributed by atoms with Crippen molar-refractivity contribution in [3.63, 3.8) is 0 Å². The average molecular weight is 429 g/mol. The molecule has 1 heterocycles. The summed E-state index contributed by atoms with van der Waals surface area (Å²) in [6, 6.07) is 1.52. The molecule has 0 amide bonds. The van der Waals surface area contributed by atoms with E-state index in [4.69, 9.17) is 63.5 Å². The van der Waals surface area contributed by atoms with Crippen molar-refractivity contribution in [2.45, 2.75) is 0 Å². The van der Waals surface area contributed by atoms with Crippen molar-refractivity contribution >= 4 is 29.3 Å². The standard InChI is InChI=1S/C4H5N3O.Na.3H3O4P.H/c5-3-1-2-6-4(8)7-3;;3*1-5(2,3)4;/h1-2H,(H3,5,6,7,8);;3*(H3,1,2,3,4);/q;+1;;;;-1. The molecule has 0 fully saturated rings. The second-order valence-corrected chi connectivity index (χ2v) is 5.95. The fourth-order valence-electron chi connectivity index (χ4n) is 0.383. The summed E-state index contributed by atoms with van der Waals surface area (Å²) < 4.78 is 26.6. The summed E-state index contributed by atoms with van der Waals surface area (Å²) in [4.78, 5) is 80.6. The first kappa shape index (κ1) is 31.7. The molecule has 1 rings (SSSR count). The monoisotopic (exact) mass is 429 g/mol. The number of aromatic amines is 1. The van der Waals surface area contributed by atoms with Crippen molar-refractivity contribution in [2.24, 2.45) is 0 Å². The Morgan fingerprint density at radius 1 is 0.875 bits per heavy atom. The van der Waals surface area contributed by atoms with Gasteiger partial charge in [-0.3, -0.25) is 4.98 Å². The third-order valence-corrected chi connectivity index (χ3v) is 0.697. The van der Waals surface area contributed by atoms with Crippen LogP contribution in [0.1, 0.15) is 1.43 Å². The molecule has 0 aliphatic carbocycles. The van der Waals surface area contributed by atoms with Gasteiger partial charge in [0.05, 0.1) is 0 Å². The van der Waals surface area contributed by atoms with E-state index in [0.29, 0.717) is 5.82 Å². The summed E-state index contributed by atoms with van der Waals surface area (Å²) in [7, 11) is -13.9. The predicted molar refractivity (Wildman–Crippen MR) is 73.2 cm³/mol. The number of phosphoric acid groups is 3. The van der Waals surface area contributed by atoms with Crippen LogP contribution in [0.3, 0.4) is 0 Å². The number of hydrogen-bond acceptors (Lipinski definition) is 6. The number of nitrogens with two attached hydrogens (primary N) is 1. The van der Waals surface area contributed by atoms with E-state index < -0.39 is 29.2 Å². The van der Waals surface area contributed by atoms with Gasteiger partial charge >= 0.3 is 58.7 Å². The van der Waals surface area contributed by atoms with Crippen LogP contribution in [-0.2, 0) is 13.7 Å². The van der Waals surface area contributed by atoms with Gasteiger partial charge < -0.3 is 51.2 Å². The van der Waals surface area contributed by atoms with Crippen LogP contribution in [0.25, 0.3) is 0 Å². The van der Waals surface area contributed by atoms with Crippen LogP contribution < -0.4 is 41.0 Å². The molecule has 0 atom stereocenters. The van der Waals surface area contributed by atoms with Gasteiger partial charge in [0, 0.05) is 6.20 Å². The number of nitrogens with one attached hydrogen (secondary N) is 1. The second-order valence-electron chi connectivity index (χ2n) is 2.87. The Bertz CT molecular complexity index is 565. The molecule has 0 saturated heterocycles. The van der Waals surface area contributed by atoms with Crippen LogP contribution >= 0.6 is 23.5 Å². The van der Waals surface area contributed by atoms with E-state index in [1.807, 2.05) is 0 Å². The quantitative estimate of drug-likeness (QED) is 0.135. The third-order valence-electron chi connectivity index (χ3n) is 0.697. The van der Waals surface area contributed by atoms with Crippen molar-refractivity contribution in [3.8, 4) is 0 Å². The van der Waals surface area contributed by atoms with Gasteiger partial charge in [0.25, 0.3) is 0 Å². The number of nitrogen functional groups attached to an aromatic ring is 1. The first-order chi connectivity index (χ1) is 9.79. The van der Waals surface area contributed by atoms with E-state index in [2.05, 4.69) is 9.97 Å². The Morgan fingerprint density at radius 3 is 1.25 bits per heavy atom. The molecular weight excluding hydrogens is 414 g/mol. The van der Waals surface area contributed by atoms with Crippen LogP contribution in [0, 0.1) is 0 Å². The number of nitrogens with zero attached hydrogens (tertiary/aromatic N) is 1. The Morgan fingerprint density at radius 2 is 1.12 bits per heavy atom. The minimum absolute atomic E-state index is 0. The van der Waals surface area contributed by atoms with Crippen molar-refractivity contribution in [1.82, 2.24) is 9.97 Å². The van der Waals surface area contributed by atoms with Gasteiger partial charge in [-0.15, -0.1) is 0 Å². The zero-order chi connectivity index (χ0) is 19.5. The van der Waals surface area contributed by atoms with Gasteiger partial charge in [0.15, 0.2) is 0 Å². The van der Waals surface area contributed by atoms with Crippen molar-refractivity contribution in [2.75, 3.05) is 5.73 Å². The fraction of sp³-hybridized carbons (Fsp3) is 0. The molecule has 0 aromatic carbocycles. The zero-order valence-electron chi connectivity index (χ0n) is 12.7. The first-order valence-corrected chi connectivity index (χ1v) is 9.14. The minimum Gasteiger partial charge on any atom is -1.00 e. The van der Waals surface area contributed by atoms with Gasteiger partial charge in [-0.1, -0.05) is 0 Å². The molecule has 0 unspecified atom stereocenters. The summed E-state index contributed by atoms with van der Waals surface area (Å²) in [6.45, 7) is 0. The van der Waals surface area contributed by atoms with Crippen LogP contribution in [-0.4, -0.2) is 54.0 Å². The van der Waals surface area contributed by atoms with Gasteiger partial charge in [-0.25, -0.2) is 23.5 Å². The molecule has 24 heavy (non-hydrogen) atoms. The minimum atomic E-state index is -4.64. The van der Waals surface area contributed by atoms with Crippen molar-refractivity contribution < 1.29 is 88.7 Å². The van der Waals surface area contributed by atoms with E-state index in [-0.39, 0.29) is 31.0 Å². The SMILES string of the molecule is Nc1ccnc(=O)[nH]1.O=P(O)(O)O.O=P(O)(O)O.O=P(O)(O)O.[H-].[Na+]. The van der Waals surface area contributed by atoms with E-state index in [0.717, 1.165) is 0 Å². The van der Waals surface area contributed by atoms with Gasteiger partial charge in [0.1, 0.15) is 5.82 Å². The maximum atomic E-state index is 10.2. The second kappa shape index (κ2) is 14.2. The summed E-state index contributed by atoms with van der Waals surface area (Å²) in [5, 5.41) is 0. The fourth-order valence-corrected chi connectivity index (χ4v) is 0.383. The number of aromatic nitrogens is 2. The molecule has 16 nitrogen and oxygen atoms in total. The third kappa shape index (κ3) is 97.0. The molecule has 0 saturated carbocycles. The maximum Gasteiger partial charge on any atom is 1.00 e. The predicted octanol–water partition coefficient (Wildman–Crippen LogP) is -6.32. The average Bonchev–Trinajstić information content (AvgIpc) is 2.07. The molecule has 0 aliphatic heterocycles. The van der Waals surface area contributed by atoms with Crippen molar-refractivity contribution in [3.05, 3.63) is 22.7 Å². The van der Waals surface area contributed by atoms with E-state index in [1.165, 1.54) is 12.3 Å².